The van der Waals surface area contributed by atoms with Crippen molar-refractivity contribution in [1.29, 1.82) is 0 Å². The number of hydrogen-bond donors (Lipinski definition) is 2. The second-order valence-corrected chi connectivity index (χ2v) is 11.3. The molecule has 1 aliphatic heterocycles. The van der Waals surface area contributed by atoms with Crippen molar-refractivity contribution in [2.45, 2.75) is 36.9 Å². The molecule has 3 aromatic rings. The number of alkyl halides is 3. The Balaban J connectivity index is 0.000000532. The Morgan fingerprint density at radius 1 is 1.13 bits per heavy atom. The summed E-state index contributed by atoms with van der Waals surface area (Å²) in [6.07, 6.45) is -3.09. The minimum atomic E-state index is -5.08. The van der Waals surface area contributed by atoms with Crippen molar-refractivity contribution in [3.63, 3.8) is 0 Å². The van der Waals surface area contributed by atoms with Gasteiger partial charge in [0.05, 0.1) is 31.9 Å². The average molecular weight is 604 g/mol. The molecular formula is C25H22Cl2F3N3O5S. The van der Waals surface area contributed by atoms with Gasteiger partial charge in [-0.05, 0) is 48.4 Å². The van der Waals surface area contributed by atoms with Crippen LogP contribution in [-0.4, -0.2) is 49.0 Å². The molecule has 0 radical (unpaired) electrons. The number of fused-ring (bicyclic) bond motifs is 1. The number of pyridine rings is 1. The van der Waals surface area contributed by atoms with Crippen molar-refractivity contribution in [3.05, 3.63) is 87.2 Å². The Morgan fingerprint density at radius 2 is 1.72 bits per heavy atom. The van der Waals surface area contributed by atoms with Gasteiger partial charge in [0.1, 0.15) is 0 Å². The summed E-state index contributed by atoms with van der Waals surface area (Å²) in [5.74, 6) is -3.03. The molecule has 0 bridgehead atoms. The molecule has 2 heterocycles. The Bertz CT molecular complexity index is 1500. The third-order valence-corrected chi connectivity index (χ3v) is 7.96. The third-order valence-electron chi connectivity index (χ3n) is 5.55. The summed E-state index contributed by atoms with van der Waals surface area (Å²) in [5, 5.41) is 7.66. The molecule has 0 fully saturated rings. The lowest BCUT2D eigenvalue weighted by Crippen LogP contribution is -2.46. The van der Waals surface area contributed by atoms with Crippen molar-refractivity contribution in [3.8, 4) is 0 Å². The number of benzene rings is 2. The number of sulfonamides is 1. The first kappa shape index (κ1) is 30.4. The van der Waals surface area contributed by atoms with Crippen molar-refractivity contribution in [2.75, 3.05) is 10.8 Å². The van der Waals surface area contributed by atoms with E-state index in [0.29, 0.717) is 23.4 Å². The van der Waals surface area contributed by atoms with E-state index in [9.17, 15) is 26.4 Å². The second kappa shape index (κ2) is 11.9. The molecule has 1 aromatic heterocycles. The molecule has 39 heavy (non-hydrogen) atoms. The molecule has 1 atom stereocenters. The number of halogens is 5. The van der Waals surface area contributed by atoms with E-state index < -0.39 is 22.2 Å². The van der Waals surface area contributed by atoms with E-state index in [-0.39, 0.29) is 45.3 Å². The van der Waals surface area contributed by atoms with Crippen LogP contribution in [0, 0.1) is 6.92 Å². The zero-order valence-corrected chi connectivity index (χ0v) is 22.6. The summed E-state index contributed by atoms with van der Waals surface area (Å²) < 4.78 is 59.9. The molecule has 1 aliphatic rings. The Labute approximate surface area is 232 Å². The molecule has 0 aliphatic carbocycles. The van der Waals surface area contributed by atoms with Gasteiger partial charge in [-0.25, -0.2) is 13.2 Å². The maximum Gasteiger partial charge on any atom is 0.490 e. The minimum Gasteiger partial charge on any atom is -0.475 e. The van der Waals surface area contributed by atoms with Gasteiger partial charge in [0.15, 0.2) is 5.78 Å². The molecule has 14 heteroatoms. The Morgan fingerprint density at radius 3 is 2.28 bits per heavy atom. The number of rotatable bonds is 5. The minimum absolute atomic E-state index is 0.0197. The highest BCUT2D eigenvalue weighted by Crippen LogP contribution is 2.32. The fraction of sp³-hybridized carbons (Fsp3) is 0.240. The zero-order chi connectivity index (χ0) is 29.1. The number of nitrogens with two attached hydrogens (primary N) is 1. The lowest BCUT2D eigenvalue weighted by Gasteiger charge is -2.33. The fourth-order valence-electron chi connectivity index (χ4n) is 3.79. The average Bonchev–Trinajstić information content (AvgIpc) is 2.83. The molecule has 208 valence electrons. The summed E-state index contributed by atoms with van der Waals surface area (Å²) in [7, 11) is -3.86. The first-order chi connectivity index (χ1) is 18.1. The second-order valence-electron chi connectivity index (χ2n) is 8.63. The molecule has 0 unspecified atom stereocenters. The van der Waals surface area contributed by atoms with Crippen LogP contribution in [-0.2, 0) is 27.7 Å². The largest absolute Gasteiger partial charge is 0.490 e. The number of Topliss-reactive ketones (excluding diaryl/α,β-unsaturated/α-hetero) is 1. The van der Waals surface area contributed by atoms with E-state index in [1.54, 1.807) is 48.7 Å². The predicted molar refractivity (Wildman–Crippen MR) is 140 cm³/mol. The number of carbonyl (C=O) groups is 2. The molecule has 0 spiro atoms. The lowest BCUT2D eigenvalue weighted by atomic mass is 10.0. The van der Waals surface area contributed by atoms with E-state index >= 15 is 0 Å². The number of hydrogen-bond acceptors (Lipinski definition) is 6. The molecule has 4 rings (SSSR count). The number of aliphatic carboxylic acids is 1. The Hall–Kier alpha value is -3.19. The fourth-order valence-corrected chi connectivity index (χ4v) is 6.04. The van der Waals surface area contributed by atoms with E-state index in [0.717, 1.165) is 5.56 Å². The Kier molecular flexibility index (Phi) is 9.27. The zero-order valence-electron chi connectivity index (χ0n) is 20.2. The van der Waals surface area contributed by atoms with Crippen LogP contribution in [0.2, 0.25) is 10.0 Å². The topological polar surface area (TPSA) is 131 Å². The van der Waals surface area contributed by atoms with Crippen molar-refractivity contribution >= 4 is 50.7 Å². The van der Waals surface area contributed by atoms with Crippen molar-refractivity contribution < 1.29 is 36.3 Å². The first-order valence-electron chi connectivity index (χ1n) is 11.2. The van der Waals surface area contributed by atoms with Gasteiger partial charge in [-0.15, -0.1) is 0 Å². The van der Waals surface area contributed by atoms with E-state index in [1.807, 2.05) is 13.0 Å². The normalized spacial score (nSPS) is 15.2. The molecule has 0 saturated heterocycles. The standard InChI is InChI=1S/C23H21Cl2N3O3S.C2HF3O2/c1-14-4-2-5-17(8-14)32(30,31)28-13-16(26)11-20-21(28)9-15(12-27-20)10-22(29)23-18(24)6-3-7-19(23)25;3-2(4,5)1(6)7/h2-9,12,16H,10-11,13,26H2,1H3;(H,6,7)/t16-;/m1./s1. The lowest BCUT2D eigenvalue weighted by molar-refractivity contribution is -0.192. The summed E-state index contributed by atoms with van der Waals surface area (Å²) in [4.78, 5) is 26.4. The van der Waals surface area contributed by atoms with Crippen LogP contribution in [0.3, 0.4) is 0 Å². The van der Waals surface area contributed by atoms with Crippen molar-refractivity contribution in [1.82, 2.24) is 4.98 Å². The highest BCUT2D eigenvalue weighted by Gasteiger charge is 2.38. The first-order valence-corrected chi connectivity index (χ1v) is 13.4. The predicted octanol–water partition coefficient (Wildman–Crippen LogP) is 4.83. The van der Waals surface area contributed by atoms with Crippen molar-refractivity contribution in [2.24, 2.45) is 5.73 Å². The monoisotopic (exact) mass is 603 g/mol. The van der Waals surface area contributed by atoms with E-state index in [1.165, 1.54) is 4.31 Å². The molecule has 0 amide bonds. The van der Waals surface area contributed by atoms with Gasteiger partial charge in [0, 0.05) is 31.6 Å². The van der Waals surface area contributed by atoms with Crippen LogP contribution < -0.4 is 10.0 Å². The smallest absolute Gasteiger partial charge is 0.475 e. The molecular weight excluding hydrogens is 582 g/mol. The summed E-state index contributed by atoms with van der Waals surface area (Å²) in [6.45, 7) is 1.96. The number of aromatic nitrogens is 1. The molecule has 2 aromatic carbocycles. The van der Waals surface area contributed by atoms with Gasteiger partial charge in [0.2, 0.25) is 0 Å². The number of nitrogens with zero attached hydrogens (tertiary/aromatic N) is 2. The number of carboxylic acid groups (broad SMARTS) is 1. The third kappa shape index (κ3) is 7.27. The quantitative estimate of drug-likeness (QED) is 0.399. The summed E-state index contributed by atoms with van der Waals surface area (Å²) in [5.41, 5.74) is 8.78. The number of aryl methyl sites for hydroxylation is 1. The van der Waals surface area contributed by atoms with Gasteiger partial charge in [-0.3, -0.25) is 14.1 Å². The van der Waals surface area contributed by atoms with Crippen LogP contribution in [0.5, 0.6) is 0 Å². The summed E-state index contributed by atoms with van der Waals surface area (Å²) in [6, 6.07) is 12.9. The number of ketones is 1. The van der Waals surface area contributed by atoms with Gasteiger partial charge in [0.25, 0.3) is 10.0 Å². The van der Waals surface area contributed by atoms with Gasteiger partial charge >= 0.3 is 12.1 Å². The summed E-state index contributed by atoms with van der Waals surface area (Å²) >= 11 is 12.3. The SMILES string of the molecule is Cc1cccc(S(=O)(=O)N2C[C@H](N)Cc3ncc(CC(=O)c4c(Cl)cccc4Cl)cc32)c1.O=C(O)C(F)(F)F. The highest BCUT2D eigenvalue weighted by molar-refractivity contribution is 7.92. The number of anilines is 1. The van der Waals surface area contributed by atoms with Crippen LogP contribution >= 0.6 is 23.2 Å². The molecule has 0 saturated carbocycles. The highest BCUT2D eigenvalue weighted by atomic mass is 35.5. The van der Waals surface area contributed by atoms with Gasteiger partial charge < -0.3 is 10.8 Å². The van der Waals surface area contributed by atoms with Crippen LogP contribution in [0.25, 0.3) is 0 Å². The van der Waals surface area contributed by atoms with Gasteiger partial charge in [-0.2, -0.15) is 13.2 Å². The van der Waals surface area contributed by atoms with E-state index in [2.05, 4.69) is 4.98 Å². The maximum atomic E-state index is 13.4. The number of carbonyl (C=O) groups excluding carboxylic acids is 1. The maximum absolute atomic E-state index is 13.4. The molecule has 3 N–H and O–H groups in total. The number of carboxylic acids is 1. The van der Waals surface area contributed by atoms with E-state index in [4.69, 9.17) is 38.8 Å². The van der Waals surface area contributed by atoms with Crippen LogP contribution in [0.15, 0.2) is 59.6 Å². The van der Waals surface area contributed by atoms with Crippen LogP contribution in [0.1, 0.15) is 27.2 Å². The van der Waals surface area contributed by atoms with Gasteiger partial charge in [-0.1, -0.05) is 41.4 Å². The molecule has 8 nitrogen and oxygen atoms in total. The van der Waals surface area contributed by atoms with Crippen LogP contribution in [0.4, 0.5) is 18.9 Å².